The lowest BCUT2D eigenvalue weighted by atomic mass is 10.2. The van der Waals surface area contributed by atoms with Crippen LogP contribution in [0, 0.1) is 6.92 Å². The van der Waals surface area contributed by atoms with E-state index in [0.29, 0.717) is 11.5 Å². The molecular formula is C12H15BrN4O. The van der Waals surface area contributed by atoms with Crippen LogP contribution in [0.15, 0.2) is 23.1 Å². The Morgan fingerprint density at radius 1 is 1.22 bits per heavy atom. The minimum atomic E-state index is -0.884. The van der Waals surface area contributed by atoms with Crippen molar-refractivity contribution in [1.82, 2.24) is 19.7 Å². The van der Waals surface area contributed by atoms with E-state index in [1.165, 1.54) is 0 Å². The van der Waals surface area contributed by atoms with E-state index in [0.717, 1.165) is 10.0 Å². The molecule has 0 spiro atoms. The van der Waals surface area contributed by atoms with Crippen LogP contribution in [-0.2, 0) is 0 Å². The molecule has 0 radical (unpaired) electrons. The Balaban J connectivity index is 2.42. The first-order chi connectivity index (χ1) is 8.50. The number of aliphatic hydroxyl groups is 1. The molecule has 6 heteroatoms. The van der Waals surface area contributed by atoms with E-state index in [1.54, 1.807) is 23.3 Å². The highest BCUT2D eigenvalue weighted by Gasteiger charge is 2.22. The minimum absolute atomic E-state index is 0.159. The first kappa shape index (κ1) is 13.2. The van der Waals surface area contributed by atoms with Crippen molar-refractivity contribution in [3.8, 4) is 0 Å². The molecule has 1 atom stereocenters. The molecule has 2 rings (SSSR count). The van der Waals surface area contributed by atoms with E-state index >= 15 is 0 Å². The summed E-state index contributed by atoms with van der Waals surface area (Å²) in [5.74, 6) is 0.378. The van der Waals surface area contributed by atoms with Crippen LogP contribution in [-0.4, -0.2) is 24.9 Å². The normalized spacial score (nSPS) is 13.0. The van der Waals surface area contributed by atoms with Gasteiger partial charge in [0.25, 0.3) is 0 Å². The second-order valence-corrected chi connectivity index (χ2v) is 5.29. The average Bonchev–Trinajstić information content (AvgIpc) is 2.71. The molecule has 0 saturated heterocycles. The van der Waals surface area contributed by atoms with Crippen LogP contribution < -0.4 is 0 Å². The van der Waals surface area contributed by atoms with Gasteiger partial charge in [-0.25, -0.2) is 9.97 Å². The second kappa shape index (κ2) is 5.16. The summed E-state index contributed by atoms with van der Waals surface area (Å²) in [5, 5.41) is 14.6. The molecule has 1 N–H and O–H groups in total. The predicted octanol–water partition coefficient (Wildman–Crippen LogP) is 2.41. The third-order valence-electron chi connectivity index (χ3n) is 2.58. The van der Waals surface area contributed by atoms with Gasteiger partial charge in [0.2, 0.25) is 0 Å². The van der Waals surface area contributed by atoms with Crippen molar-refractivity contribution in [2.75, 3.05) is 0 Å². The molecule has 0 amide bonds. The van der Waals surface area contributed by atoms with E-state index in [2.05, 4.69) is 31.0 Å². The third kappa shape index (κ3) is 2.44. The van der Waals surface area contributed by atoms with Gasteiger partial charge in [-0.3, -0.25) is 4.68 Å². The molecule has 0 aromatic carbocycles. The van der Waals surface area contributed by atoms with Crippen molar-refractivity contribution >= 4 is 15.9 Å². The Labute approximate surface area is 114 Å². The van der Waals surface area contributed by atoms with Gasteiger partial charge in [0, 0.05) is 18.4 Å². The highest BCUT2D eigenvalue weighted by molar-refractivity contribution is 9.10. The van der Waals surface area contributed by atoms with Crippen molar-refractivity contribution in [1.29, 1.82) is 0 Å². The van der Waals surface area contributed by atoms with Gasteiger partial charge in [0.15, 0.2) is 11.9 Å². The van der Waals surface area contributed by atoms with E-state index in [-0.39, 0.29) is 6.04 Å². The summed E-state index contributed by atoms with van der Waals surface area (Å²) in [6.45, 7) is 5.92. The molecular weight excluding hydrogens is 296 g/mol. The van der Waals surface area contributed by atoms with E-state index in [1.807, 2.05) is 20.8 Å². The Hall–Kier alpha value is -1.27. The summed E-state index contributed by atoms with van der Waals surface area (Å²) in [6, 6.07) is 0.159. The first-order valence-corrected chi connectivity index (χ1v) is 6.49. The Morgan fingerprint density at radius 2 is 1.83 bits per heavy atom. The number of halogens is 1. The summed E-state index contributed by atoms with van der Waals surface area (Å²) in [6.07, 6.45) is 4.17. The van der Waals surface area contributed by atoms with Crippen LogP contribution in [0.25, 0.3) is 0 Å². The number of rotatable bonds is 3. The zero-order valence-electron chi connectivity index (χ0n) is 10.5. The molecule has 96 valence electrons. The largest absolute Gasteiger partial charge is 0.379 e. The van der Waals surface area contributed by atoms with Crippen LogP contribution in [0.2, 0.25) is 0 Å². The van der Waals surface area contributed by atoms with Gasteiger partial charge in [0.05, 0.1) is 16.4 Å². The molecule has 0 fully saturated rings. The maximum Gasteiger partial charge on any atom is 0.163 e. The van der Waals surface area contributed by atoms with Gasteiger partial charge in [0.1, 0.15) is 0 Å². The highest BCUT2D eigenvalue weighted by atomic mass is 79.9. The van der Waals surface area contributed by atoms with Crippen molar-refractivity contribution in [3.63, 3.8) is 0 Å². The zero-order chi connectivity index (χ0) is 13.3. The fourth-order valence-corrected chi connectivity index (χ4v) is 2.17. The molecule has 0 saturated carbocycles. The van der Waals surface area contributed by atoms with Crippen LogP contribution >= 0.6 is 15.9 Å². The molecule has 0 aliphatic carbocycles. The summed E-state index contributed by atoms with van der Waals surface area (Å²) >= 11 is 3.40. The van der Waals surface area contributed by atoms with E-state index in [4.69, 9.17) is 0 Å². The Kier molecular flexibility index (Phi) is 3.77. The van der Waals surface area contributed by atoms with Crippen molar-refractivity contribution < 1.29 is 5.11 Å². The molecule has 1 unspecified atom stereocenters. The van der Waals surface area contributed by atoms with E-state index < -0.39 is 6.10 Å². The van der Waals surface area contributed by atoms with Gasteiger partial charge in [-0.1, -0.05) is 0 Å². The molecule has 0 aliphatic heterocycles. The molecule has 18 heavy (non-hydrogen) atoms. The summed E-state index contributed by atoms with van der Waals surface area (Å²) in [5.41, 5.74) is 1.64. The van der Waals surface area contributed by atoms with Crippen LogP contribution in [0.3, 0.4) is 0 Å². The van der Waals surface area contributed by atoms with Gasteiger partial charge in [-0.2, -0.15) is 5.10 Å². The van der Waals surface area contributed by atoms with Gasteiger partial charge >= 0.3 is 0 Å². The molecule has 2 aromatic heterocycles. The lowest BCUT2D eigenvalue weighted by Crippen LogP contribution is -2.14. The van der Waals surface area contributed by atoms with Crippen molar-refractivity contribution in [2.24, 2.45) is 0 Å². The monoisotopic (exact) mass is 310 g/mol. The lowest BCUT2D eigenvalue weighted by Gasteiger charge is -2.15. The molecule has 2 aromatic rings. The second-order valence-electron chi connectivity index (χ2n) is 4.44. The molecule has 0 bridgehead atoms. The third-order valence-corrected chi connectivity index (χ3v) is 3.19. The summed E-state index contributed by atoms with van der Waals surface area (Å²) < 4.78 is 2.52. The highest BCUT2D eigenvalue weighted by Crippen LogP contribution is 2.28. The fourth-order valence-electron chi connectivity index (χ4n) is 1.68. The lowest BCUT2D eigenvalue weighted by molar-refractivity contribution is 0.194. The maximum absolute atomic E-state index is 10.4. The van der Waals surface area contributed by atoms with Gasteiger partial charge in [-0.15, -0.1) is 0 Å². The Morgan fingerprint density at radius 3 is 2.39 bits per heavy atom. The Bertz CT molecular complexity index is 536. The minimum Gasteiger partial charge on any atom is -0.379 e. The molecule has 2 heterocycles. The number of aliphatic hydroxyl groups excluding tert-OH is 1. The maximum atomic E-state index is 10.4. The summed E-state index contributed by atoms with van der Waals surface area (Å²) in [4.78, 5) is 8.31. The van der Waals surface area contributed by atoms with Crippen LogP contribution in [0.4, 0.5) is 0 Å². The molecule has 5 nitrogen and oxygen atoms in total. The van der Waals surface area contributed by atoms with Gasteiger partial charge in [-0.05, 0) is 42.3 Å². The quantitative estimate of drug-likeness (QED) is 0.945. The number of hydrogen-bond acceptors (Lipinski definition) is 4. The number of aromatic nitrogens is 4. The smallest absolute Gasteiger partial charge is 0.163 e. The number of aryl methyl sites for hydroxylation is 1. The standard InChI is InChI=1S/C12H15BrN4O/c1-7(2)17-10(9(13)6-16-17)11(18)12-14-4-8(3)5-15-12/h4-7,11,18H,1-3H3. The predicted molar refractivity (Wildman–Crippen MR) is 71.1 cm³/mol. The van der Waals surface area contributed by atoms with Gasteiger partial charge < -0.3 is 5.11 Å². The molecule has 0 aliphatic rings. The number of hydrogen-bond donors (Lipinski definition) is 1. The average molecular weight is 311 g/mol. The topological polar surface area (TPSA) is 63.8 Å². The zero-order valence-corrected chi connectivity index (χ0v) is 12.1. The van der Waals surface area contributed by atoms with E-state index in [9.17, 15) is 5.11 Å². The first-order valence-electron chi connectivity index (χ1n) is 5.70. The van der Waals surface area contributed by atoms with Crippen molar-refractivity contribution in [2.45, 2.75) is 32.9 Å². The van der Waals surface area contributed by atoms with Crippen LogP contribution in [0.1, 0.15) is 43.1 Å². The van der Waals surface area contributed by atoms with Crippen molar-refractivity contribution in [3.05, 3.63) is 40.1 Å². The number of nitrogens with zero attached hydrogens (tertiary/aromatic N) is 4. The fraction of sp³-hybridized carbons (Fsp3) is 0.417. The SMILES string of the molecule is Cc1cnc(C(O)c2c(Br)cnn2C(C)C)nc1. The summed E-state index contributed by atoms with van der Waals surface area (Å²) in [7, 11) is 0. The van der Waals surface area contributed by atoms with Crippen LogP contribution in [0.5, 0.6) is 0 Å².